The highest BCUT2D eigenvalue weighted by Crippen LogP contribution is 2.19. The van der Waals surface area contributed by atoms with Crippen molar-refractivity contribution < 1.29 is 14.0 Å². The fraction of sp³-hybridized carbons (Fsp3) is 0.357. The van der Waals surface area contributed by atoms with Crippen LogP contribution in [0.5, 0.6) is 0 Å². The van der Waals surface area contributed by atoms with Crippen LogP contribution >= 0.6 is 0 Å². The SMILES string of the molecule is CC(C)CCN(CC(=O)N1CCN(c2ccc(-c3ccccc3)nn2)CC1)C(=O)c1cccc(F)c1. The number of aromatic nitrogens is 2. The first-order valence-electron chi connectivity index (χ1n) is 12.4. The molecule has 0 unspecified atom stereocenters. The molecule has 0 atom stereocenters. The van der Waals surface area contributed by atoms with Crippen LogP contribution in [0.25, 0.3) is 11.3 Å². The number of anilines is 1. The molecule has 7 nitrogen and oxygen atoms in total. The fourth-order valence-corrected chi connectivity index (χ4v) is 4.18. The molecule has 36 heavy (non-hydrogen) atoms. The minimum atomic E-state index is -0.466. The van der Waals surface area contributed by atoms with Crippen LogP contribution in [0.4, 0.5) is 10.2 Å². The van der Waals surface area contributed by atoms with Gasteiger partial charge >= 0.3 is 0 Å². The maximum absolute atomic E-state index is 13.7. The molecular weight excluding hydrogens is 457 g/mol. The summed E-state index contributed by atoms with van der Waals surface area (Å²) in [5, 5.41) is 8.75. The molecule has 0 spiro atoms. The van der Waals surface area contributed by atoms with Gasteiger partial charge in [0.05, 0.1) is 5.69 Å². The van der Waals surface area contributed by atoms with E-state index in [1.165, 1.54) is 23.1 Å². The highest BCUT2D eigenvalue weighted by Gasteiger charge is 2.26. The number of rotatable bonds is 8. The molecule has 2 amide bonds. The quantitative estimate of drug-likeness (QED) is 0.476. The Hall–Kier alpha value is -3.81. The molecule has 2 heterocycles. The number of hydrogen-bond acceptors (Lipinski definition) is 5. The van der Waals surface area contributed by atoms with E-state index in [-0.39, 0.29) is 23.9 Å². The van der Waals surface area contributed by atoms with E-state index < -0.39 is 5.82 Å². The van der Waals surface area contributed by atoms with Crippen molar-refractivity contribution in [2.75, 3.05) is 44.2 Å². The van der Waals surface area contributed by atoms with E-state index in [2.05, 4.69) is 28.9 Å². The lowest BCUT2D eigenvalue weighted by Crippen LogP contribution is -2.52. The Morgan fingerprint density at radius 1 is 0.944 bits per heavy atom. The van der Waals surface area contributed by atoms with E-state index in [1.807, 2.05) is 42.5 Å². The zero-order valence-corrected chi connectivity index (χ0v) is 20.8. The second-order valence-electron chi connectivity index (χ2n) is 9.43. The molecular formula is C28H32FN5O2. The minimum Gasteiger partial charge on any atom is -0.352 e. The van der Waals surface area contributed by atoms with Crippen molar-refractivity contribution in [2.24, 2.45) is 5.92 Å². The number of piperazine rings is 1. The Bertz CT molecular complexity index is 1160. The van der Waals surface area contributed by atoms with Gasteiger partial charge in [-0.2, -0.15) is 0 Å². The first kappa shape index (κ1) is 25.3. The lowest BCUT2D eigenvalue weighted by molar-refractivity contribution is -0.132. The molecule has 3 aromatic rings. The largest absolute Gasteiger partial charge is 0.352 e. The molecule has 0 aliphatic carbocycles. The average molecular weight is 490 g/mol. The van der Waals surface area contributed by atoms with Crippen LogP contribution in [0.3, 0.4) is 0 Å². The molecule has 4 rings (SSSR count). The van der Waals surface area contributed by atoms with Crippen LogP contribution in [0.2, 0.25) is 0 Å². The Balaban J connectivity index is 1.35. The predicted octanol–water partition coefficient (Wildman–Crippen LogP) is 4.12. The smallest absolute Gasteiger partial charge is 0.254 e. The number of benzene rings is 2. The third-order valence-corrected chi connectivity index (χ3v) is 6.34. The van der Waals surface area contributed by atoms with Gasteiger partial charge in [0.25, 0.3) is 5.91 Å². The van der Waals surface area contributed by atoms with Crippen molar-refractivity contribution in [1.82, 2.24) is 20.0 Å². The van der Waals surface area contributed by atoms with Crippen molar-refractivity contribution in [3.8, 4) is 11.3 Å². The van der Waals surface area contributed by atoms with Crippen LogP contribution in [0.15, 0.2) is 66.7 Å². The van der Waals surface area contributed by atoms with Crippen molar-refractivity contribution >= 4 is 17.6 Å². The number of hydrogen-bond donors (Lipinski definition) is 0. The first-order chi connectivity index (χ1) is 17.4. The number of halogens is 1. The molecule has 0 saturated carbocycles. The molecule has 1 aliphatic heterocycles. The van der Waals surface area contributed by atoms with Gasteiger partial charge in [0.15, 0.2) is 5.82 Å². The third-order valence-electron chi connectivity index (χ3n) is 6.34. The van der Waals surface area contributed by atoms with Gasteiger partial charge in [-0.1, -0.05) is 50.2 Å². The normalized spacial score (nSPS) is 13.7. The standard InChI is InChI=1S/C28H32FN5O2/c1-21(2)13-14-34(28(36)23-9-6-10-24(29)19-23)20-27(35)33-17-15-32(16-18-33)26-12-11-25(30-31-26)22-7-4-3-5-8-22/h3-12,19,21H,13-18,20H2,1-2H3. The van der Waals surface area contributed by atoms with Crippen LogP contribution in [-0.2, 0) is 4.79 Å². The summed E-state index contributed by atoms with van der Waals surface area (Å²) in [5.74, 6) is 0.263. The molecule has 1 fully saturated rings. The minimum absolute atomic E-state index is 0.0202. The molecule has 188 valence electrons. The topological polar surface area (TPSA) is 69.6 Å². The van der Waals surface area contributed by atoms with Crippen LogP contribution < -0.4 is 4.90 Å². The summed E-state index contributed by atoms with van der Waals surface area (Å²) < 4.78 is 13.7. The third kappa shape index (κ3) is 6.44. The van der Waals surface area contributed by atoms with Gasteiger partial charge in [0, 0.05) is 43.9 Å². The maximum atomic E-state index is 13.7. The molecule has 1 saturated heterocycles. The predicted molar refractivity (Wildman–Crippen MR) is 138 cm³/mol. The summed E-state index contributed by atoms with van der Waals surface area (Å²) in [7, 11) is 0. The molecule has 1 aromatic heterocycles. The number of carbonyl (C=O) groups is 2. The first-order valence-corrected chi connectivity index (χ1v) is 12.4. The Kier molecular flexibility index (Phi) is 8.25. The Morgan fingerprint density at radius 2 is 1.69 bits per heavy atom. The number of carbonyl (C=O) groups excluding carboxylic acids is 2. The molecule has 2 aromatic carbocycles. The van der Waals surface area contributed by atoms with Crippen LogP contribution in [0.1, 0.15) is 30.6 Å². The van der Waals surface area contributed by atoms with E-state index in [0.717, 1.165) is 23.5 Å². The number of amides is 2. The summed E-state index contributed by atoms with van der Waals surface area (Å²) >= 11 is 0. The second kappa shape index (κ2) is 11.7. The molecule has 1 aliphatic rings. The van der Waals surface area contributed by atoms with Gasteiger partial charge in [0.2, 0.25) is 5.91 Å². The Labute approximate surface area is 211 Å². The lowest BCUT2D eigenvalue weighted by atomic mass is 10.1. The molecule has 0 bridgehead atoms. The zero-order chi connectivity index (χ0) is 25.5. The van der Waals surface area contributed by atoms with Crippen molar-refractivity contribution in [3.63, 3.8) is 0 Å². The van der Waals surface area contributed by atoms with Gasteiger partial charge in [0.1, 0.15) is 12.4 Å². The maximum Gasteiger partial charge on any atom is 0.254 e. The summed E-state index contributed by atoms with van der Waals surface area (Å²) in [5.41, 5.74) is 2.09. The molecule has 0 radical (unpaired) electrons. The number of nitrogens with zero attached hydrogens (tertiary/aromatic N) is 5. The van der Waals surface area contributed by atoms with Gasteiger partial charge in [-0.15, -0.1) is 10.2 Å². The summed E-state index contributed by atoms with van der Waals surface area (Å²) in [4.78, 5) is 31.6. The van der Waals surface area contributed by atoms with Crippen molar-refractivity contribution in [3.05, 3.63) is 78.1 Å². The zero-order valence-electron chi connectivity index (χ0n) is 20.8. The molecule has 8 heteroatoms. The average Bonchev–Trinajstić information content (AvgIpc) is 2.91. The monoisotopic (exact) mass is 489 g/mol. The molecule has 0 N–H and O–H groups in total. The van der Waals surface area contributed by atoms with E-state index in [1.54, 1.807) is 11.0 Å². The lowest BCUT2D eigenvalue weighted by Gasteiger charge is -2.36. The second-order valence-corrected chi connectivity index (χ2v) is 9.43. The Morgan fingerprint density at radius 3 is 2.33 bits per heavy atom. The van der Waals surface area contributed by atoms with Gasteiger partial charge in [-0.05, 0) is 42.7 Å². The van der Waals surface area contributed by atoms with Gasteiger partial charge < -0.3 is 14.7 Å². The van der Waals surface area contributed by atoms with E-state index in [4.69, 9.17) is 0 Å². The van der Waals surface area contributed by atoms with E-state index >= 15 is 0 Å². The summed E-state index contributed by atoms with van der Waals surface area (Å²) in [6.07, 6.45) is 0.764. The highest BCUT2D eigenvalue weighted by molar-refractivity contribution is 5.96. The summed E-state index contributed by atoms with van der Waals surface area (Å²) in [6, 6.07) is 19.4. The van der Waals surface area contributed by atoms with Gasteiger partial charge in [-0.25, -0.2) is 4.39 Å². The highest BCUT2D eigenvalue weighted by atomic mass is 19.1. The van der Waals surface area contributed by atoms with E-state index in [9.17, 15) is 14.0 Å². The summed E-state index contributed by atoms with van der Waals surface area (Å²) in [6.45, 7) is 6.90. The van der Waals surface area contributed by atoms with Gasteiger partial charge in [-0.3, -0.25) is 9.59 Å². The van der Waals surface area contributed by atoms with Crippen molar-refractivity contribution in [2.45, 2.75) is 20.3 Å². The van der Waals surface area contributed by atoms with Crippen LogP contribution in [-0.4, -0.2) is 71.1 Å². The van der Waals surface area contributed by atoms with E-state index in [0.29, 0.717) is 38.6 Å². The fourth-order valence-electron chi connectivity index (χ4n) is 4.18. The van der Waals surface area contributed by atoms with Crippen molar-refractivity contribution in [1.29, 1.82) is 0 Å². The van der Waals surface area contributed by atoms with Crippen LogP contribution in [0, 0.1) is 11.7 Å².